The van der Waals surface area contributed by atoms with Crippen LogP contribution in [0.1, 0.15) is 24.8 Å². The maximum Gasteiger partial charge on any atom is 0.303 e. The van der Waals surface area contributed by atoms with E-state index in [0.29, 0.717) is 5.75 Å². The van der Waals surface area contributed by atoms with E-state index >= 15 is 0 Å². The van der Waals surface area contributed by atoms with Gasteiger partial charge in [0.1, 0.15) is 5.75 Å². The number of aryl methyl sites for hydroxylation is 1. The Morgan fingerprint density at radius 3 is 2.52 bits per heavy atom. The highest BCUT2D eigenvalue weighted by atomic mass is 16.5. The minimum absolute atomic E-state index is 0.0331. The summed E-state index contributed by atoms with van der Waals surface area (Å²) in [6.45, 7) is 1.68. The minimum Gasteiger partial charge on any atom is -0.484 e. The molecule has 0 spiro atoms. The number of carbonyl (C=O) groups is 3. The fourth-order valence-corrected chi connectivity index (χ4v) is 1.49. The molecule has 0 aromatic heterocycles. The van der Waals surface area contributed by atoms with E-state index in [1.165, 1.54) is 0 Å². The van der Waals surface area contributed by atoms with E-state index in [4.69, 9.17) is 9.84 Å². The summed E-state index contributed by atoms with van der Waals surface area (Å²) in [6.07, 6.45) is 0.167. The summed E-state index contributed by atoms with van der Waals surface area (Å²) in [4.78, 5) is 33.0. The predicted octanol–water partition coefficient (Wildman–Crippen LogP) is 0.776. The van der Waals surface area contributed by atoms with Crippen LogP contribution in [0.4, 0.5) is 0 Å². The van der Waals surface area contributed by atoms with Crippen LogP contribution < -0.4 is 15.6 Å². The fraction of sp³-hybridized carbons (Fsp3) is 0.357. The van der Waals surface area contributed by atoms with Gasteiger partial charge in [-0.05, 0) is 31.0 Å². The minimum atomic E-state index is -0.960. The molecule has 0 fully saturated rings. The molecule has 7 nitrogen and oxygen atoms in total. The van der Waals surface area contributed by atoms with Gasteiger partial charge in [0.05, 0.1) is 0 Å². The Balaban J connectivity index is 2.19. The molecule has 3 N–H and O–H groups in total. The molecule has 1 aromatic carbocycles. The Kier molecular flexibility index (Phi) is 6.73. The van der Waals surface area contributed by atoms with Crippen LogP contribution in [0.15, 0.2) is 24.3 Å². The normalized spacial score (nSPS) is 9.76. The third kappa shape index (κ3) is 7.56. The number of hydrogen-bond donors (Lipinski definition) is 3. The molecule has 2 amide bonds. The third-order valence-corrected chi connectivity index (χ3v) is 2.50. The highest BCUT2D eigenvalue weighted by Gasteiger charge is 2.06. The number of carbonyl (C=O) groups excluding carboxylic acids is 2. The lowest BCUT2D eigenvalue weighted by molar-refractivity contribution is -0.137. The molecule has 1 aromatic rings. The lowest BCUT2D eigenvalue weighted by Crippen LogP contribution is -2.43. The topological polar surface area (TPSA) is 105 Å². The summed E-state index contributed by atoms with van der Waals surface area (Å²) in [6, 6.07) is 7.24. The third-order valence-electron chi connectivity index (χ3n) is 2.50. The fourth-order valence-electron chi connectivity index (χ4n) is 1.49. The second-order valence-electron chi connectivity index (χ2n) is 4.45. The first-order chi connectivity index (χ1) is 9.97. The molecule has 1 rings (SSSR count). The molecule has 0 heterocycles. The molecule has 0 bridgehead atoms. The summed E-state index contributed by atoms with van der Waals surface area (Å²) in [7, 11) is 0. The first kappa shape index (κ1) is 16.5. The quantitative estimate of drug-likeness (QED) is 0.644. The zero-order chi connectivity index (χ0) is 15.7. The van der Waals surface area contributed by atoms with Gasteiger partial charge < -0.3 is 9.84 Å². The number of amides is 2. The average molecular weight is 294 g/mol. The highest BCUT2D eigenvalue weighted by molar-refractivity contribution is 5.82. The van der Waals surface area contributed by atoms with Gasteiger partial charge in [-0.2, -0.15) is 0 Å². The SMILES string of the molecule is Cc1cccc(OCC(=O)NNC(=O)CCCC(=O)O)c1. The van der Waals surface area contributed by atoms with Gasteiger partial charge in [-0.1, -0.05) is 12.1 Å². The number of aliphatic carboxylic acids is 1. The molecule has 0 aliphatic carbocycles. The van der Waals surface area contributed by atoms with Crippen molar-refractivity contribution in [2.24, 2.45) is 0 Å². The lowest BCUT2D eigenvalue weighted by Gasteiger charge is -2.09. The van der Waals surface area contributed by atoms with Crippen LogP contribution in [0.5, 0.6) is 5.75 Å². The van der Waals surface area contributed by atoms with E-state index < -0.39 is 17.8 Å². The van der Waals surface area contributed by atoms with Crippen molar-refractivity contribution < 1.29 is 24.2 Å². The van der Waals surface area contributed by atoms with E-state index in [2.05, 4.69) is 10.9 Å². The van der Waals surface area contributed by atoms with Crippen LogP contribution in [0.2, 0.25) is 0 Å². The zero-order valence-electron chi connectivity index (χ0n) is 11.7. The standard InChI is InChI=1S/C14H18N2O5/c1-10-4-2-5-11(8-10)21-9-13(18)16-15-12(17)6-3-7-14(19)20/h2,4-5,8H,3,6-7,9H2,1H3,(H,15,17)(H,16,18)(H,19,20). The first-order valence-corrected chi connectivity index (χ1v) is 6.46. The van der Waals surface area contributed by atoms with Crippen LogP contribution in [0.25, 0.3) is 0 Å². The van der Waals surface area contributed by atoms with Crippen LogP contribution >= 0.6 is 0 Å². The van der Waals surface area contributed by atoms with Crippen molar-refractivity contribution in [2.45, 2.75) is 26.2 Å². The van der Waals surface area contributed by atoms with Crippen molar-refractivity contribution in [1.82, 2.24) is 10.9 Å². The Morgan fingerprint density at radius 2 is 1.86 bits per heavy atom. The summed E-state index contributed by atoms with van der Waals surface area (Å²) in [5, 5.41) is 8.42. The summed E-state index contributed by atoms with van der Waals surface area (Å²) < 4.78 is 5.25. The number of carboxylic acid groups (broad SMARTS) is 1. The summed E-state index contributed by atoms with van der Waals surface area (Å²) in [5.41, 5.74) is 5.40. The van der Waals surface area contributed by atoms with Crippen LogP contribution in [-0.4, -0.2) is 29.5 Å². The molecule has 0 atom stereocenters. The number of hydrazine groups is 1. The largest absolute Gasteiger partial charge is 0.484 e. The summed E-state index contributed by atoms with van der Waals surface area (Å²) in [5.74, 6) is -1.33. The van der Waals surface area contributed by atoms with Crippen molar-refractivity contribution in [2.75, 3.05) is 6.61 Å². The molecule has 7 heteroatoms. The number of benzene rings is 1. The first-order valence-electron chi connectivity index (χ1n) is 6.46. The van der Waals surface area contributed by atoms with Crippen molar-refractivity contribution in [3.8, 4) is 5.75 Å². The molecule has 0 aliphatic rings. The highest BCUT2D eigenvalue weighted by Crippen LogP contribution is 2.11. The van der Waals surface area contributed by atoms with Crippen molar-refractivity contribution in [3.63, 3.8) is 0 Å². The number of rotatable bonds is 7. The molecular formula is C14H18N2O5. The van der Waals surface area contributed by atoms with Gasteiger partial charge in [0.25, 0.3) is 5.91 Å². The van der Waals surface area contributed by atoms with Crippen LogP contribution in [-0.2, 0) is 14.4 Å². The van der Waals surface area contributed by atoms with Gasteiger partial charge in [0.2, 0.25) is 5.91 Å². The number of hydrogen-bond acceptors (Lipinski definition) is 4. The maximum absolute atomic E-state index is 11.4. The van der Waals surface area contributed by atoms with E-state index in [1.807, 2.05) is 19.1 Å². The van der Waals surface area contributed by atoms with Gasteiger partial charge >= 0.3 is 5.97 Å². The molecule has 21 heavy (non-hydrogen) atoms. The maximum atomic E-state index is 11.4. The van der Waals surface area contributed by atoms with Crippen molar-refractivity contribution in [1.29, 1.82) is 0 Å². The van der Waals surface area contributed by atoms with E-state index in [-0.39, 0.29) is 25.9 Å². The molecule has 0 unspecified atom stereocenters. The van der Waals surface area contributed by atoms with Crippen LogP contribution in [0, 0.1) is 6.92 Å². The number of ether oxygens (including phenoxy) is 1. The Labute approximate surface area is 122 Å². The predicted molar refractivity (Wildman–Crippen MR) is 74.4 cm³/mol. The second-order valence-corrected chi connectivity index (χ2v) is 4.45. The number of nitrogens with one attached hydrogen (secondary N) is 2. The Bertz CT molecular complexity index is 516. The molecular weight excluding hydrogens is 276 g/mol. The molecule has 114 valence electrons. The smallest absolute Gasteiger partial charge is 0.303 e. The van der Waals surface area contributed by atoms with E-state index in [9.17, 15) is 14.4 Å². The molecule has 0 saturated carbocycles. The van der Waals surface area contributed by atoms with Gasteiger partial charge in [-0.3, -0.25) is 25.2 Å². The number of carboxylic acids is 1. The van der Waals surface area contributed by atoms with Crippen molar-refractivity contribution >= 4 is 17.8 Å². The van der Waals surface area contributed by atoms with Gasteiger partial charge in [0, 0.05) is 12.8 Å². The summed E-state index contributed by atoms with van der Waals surface area (Å²) >= 11 is 0. The Hall–Kier alpha value is -2.57. The zero-order valence-corrected chi connectivity index (χ0v) is 11.7. The van der Waals surface area contributed by atoms with Crippen molar-refractivity contribution in [3.05, 3.63) is 29.8 Å². The van der Waals surface area contributed by atoms with Gasteiger partial charge in [0.15, 0.2) is 6.61 Å². The Morgan fingerprint density at radius 1 is 1.14 bits per heavy atom. The lowest BCUT2D eigenvalue weighted by atomic mass is 10.2. The average Bonchev–Trinajstić information content (AvgIpc) is 2.42. The van der Waals surface area contributed by atoms with E-state index in [0.717, 1.165) is 5.56 Å². The second kappa shape index (κ2) is 8.57. The molecule has 0 saturated heterocycles. The molecule has 0 radical (unpaired) electrons. The monoisotopic (exact) mass is 294 g/mol. The van der Waals surface area contributed by atoms with Crippen LogP contribution in [0.3, 0.4) is 0 Å². The molecule has 0 aliphatic heterocycles. The van der Waals surface area contributed by atoms with Gasteiger partial charge in [-0.25, -0.2) is 0 Å². The van der Waals surface area contributed by atoms with E-state index in [1.54, 1.807) is 12.1 Å². The van der Waals surface area contributed by atoms with Gasteiger partial charge in [-0.15, -0.1) is 0 Å².